The number of nitrogens with one attached hydrogen (secondary N) is 1. The van der Waals surface area contributed by atoms with Crippen molar-refractivity contribution in [3.05, 3.63) is 64.7 Å². The highest BCUT2D eigenvalue weighted by Crippen LogP contribution is 2.17. The number of aryl methyl sites for hydroxylation is 3. The maximum atomic E-state index is 12.1. The Labute approximate surface area is 160 Å². The Morgan fingerprint density at radius 2 is 1.56 bits per heavy atom. The topological polar surface area (TPSA) is 64.6 Å². The maximum Gasteiger partial charge on any atom is 0.344 e. The first-order valence-electron chi connectivity index (χ1n) is 9.10. The van der Waals surface area contributed by atoms with Crippen LogP contribution in [0.3, 0.4) is 0 Å². The maximum absolute atomic E-state index is 12.1. The minimum absolute atomic E-state index is 0.108. The molecule has 1 N–H and O–H groups in total. The van der Waals surface area contributed by atoms with E-state index < -0.39 is 5.97 Å². The summed E-state index contributed by atoms with van der Waals surface area (Å²) in [5.74, 6) is -0.297. The lowest BCUT2D eigenvalue weighted by molar-refractivity contribution is -0.150. The van der Waals surface area contributed by atoms with Crippen LogP contribution in [0, 0.1) is 20.8 Å². The van der Waals surface area contributed by atoms with Crippen LogP contribution in [-0.4, -0.2) is 25.1 Å². The highest BCUT2D eigenvalue weighted by molar-refractivity contribution is 5.81. The number of ether oxygens (including phenoxy) is 2. The Hall–Kier alpha value is -2.82. The summed E-state index contributed by atoms with van der Waals surface area (Å²) in [6, 6.07) is 13.6. The Bertz CT molecular complexity index is 763. The monoisotopic (exact) mass is 369 g/mol. The quantitative estimate of drug-likeness (QED) is 0.719. The molecule has 2 aromatic rings. The van der Waals surface area contributed by atoms with Crippen molar-refractivity contribution in [3.63, 3.8) is 0 Å². The smallest absolute Gasteiger partial charge is 0.344 e. The van der Waals surface area contributed by atoms with Gasteiger partial charge in [-0.05, 0) is 56.0 Å². The molecule has 0 bridgehead atoms. The third-order valence-electron chi connectivity index (χ3n) is 4.14. The van der Waals surface area contributed by atoms with E-state index in [1.807, 2.05) is 70.2 Å². The normalized spacial score (nSPS) is 11.6. The first-order valence-corrected chi connectivity index (χ1v) is 9.10. The van der Waals surface area contributed by atoms with Crippen LogP contribution >= 0.6 is 0 Å². The fourth-order valence-electron chi connectivity index (χ4n) is 2.80. The van der Waals surface area contributed by atoms with Crippen molar-refractivity contribution in [2.75, 3.05) is 13.2 Å². The van der Waals surface area contributed by atoms with E-state index in [-0.39, 0.29) is 25.2 Å². The molecule has 0 saturated carbocycles. The molecule has 1 atom stereocenters. The van der Waals surface area contributed by atoms with Crippen LogP contribution in [0.4, 0.5) is 0 Å². The molecule has 1 amide bonds. The van der Waals surface area contributed by atoms with Gasteiger partial charge in [0.2, 0.25) is 0 Å². The van der Waals surface area contributed by atoms with Crippen LogP contribution in [0.5, 0.6) is 5.75 Å². The summed E-state index contributed by atoms with van der Waals surface area (Å²) in [7, 11) is 0. The van der Waals surface area contributed by atoms with Gasteiger partial charge in [0, 0.05) is 0 Å². The molecular formula is C22H27NO4. The van der Waals surface area contributed by atoms with Gasteiger partial charge in [-0.1, -0.05) is 42.8 Å². The SMILES string of the molecule is CC[C@H](NC(=O)COC(=O)COc1cc(C)cc(C)c1)c1ccc(C)cc1. The zero-order valence-corrected chi connectivity index (χ0v) is 16.4. The van der Waals surface area contributed by atoms with Crippen molar-refractivity contribution in [3.8, 4) is 5.75 Å². The lowest BCUT2D eigenvalue weighted by atomic mass is 10.0. The Morgan fingerprint density at radius 3 is 2.15 bits per heavy atom. The first kappa shape index (κ1) is 20.5. The standard InChI is InChI=1S/C22H27NO4/c1-5-20(18-8-6-15(2)7-9-18)23-21(24)13-27-22(25)14-26-19-11-16(3)10-17(4)12-19/h6-12,20H,5,13-14H2,1-4H3,(H,23,24)/t20-/m0/s1. The number of esters is 1. The molecule has 27 heavy (non-hydrogen) atoms. The van der Waals surface area contributed by atoms with Crippen molar-refractivity contribution in [2.45, 2.75) is 40.2 Å². The van der Waals surface area contributed by atoms with Crippen LogP contribution < -0.4 is 10.1 Å². The summed E-state index contributed by atoms with van der Waals surface area (Å²) < 4.78 is 10.4. The molecule has 5 heteroatoms. The number of rotatable bonds is 8. The number of hydrogen-bond acceptors (Lipinski definition) is 4. The lowest BCUT2D eigenvalue weighted by Crippen LogP contribution is -2.32. The van der Waals surface area contributed by atoms with E-state index in [9.17, 15) is 9.59 Å². The number of benzene rings is 2. The van der Waals surface area contributed by atoms with Gasteiger partial charge in [0.05, 0.1) is 6.04 Å². The highest BCUT2D eigenvalue weighted by atomic mass is 16.6. The third kappa shape index (κ3) is 6.77. The number of carbonyl (C=O) groups is 2. The van der Waals surface area contributed by atoms with Gasteiger partial charge in [-0.15, -0.1) is 0 Å². The summed E-state index contributed by atoms with van der Waals surface area (Å²) in [6.45, 7) is 7.38. The number of carbonyl (C=O) groups excluding carboxylic acids is 2. The molecule has 2 aromatic carbocycles. The van der Waals surface area contributed by atoms with Crippen molar-refractivity contribution >= 4 is 11.9 Å². The van der Waals surface area contributed by atoms with E-state index >= 15 is 0 Å². The lowest BCUT2D eigenvalue weighted by Gasteiger charge is -2.17. The van der Waals surface area contributed by atoms with Crippen LogP contribution in [-0.2, 0) is 14.3 Å². The second kappa shape index (κ2) is 9.76. The van der Waals surface area contributed by atoms with Crippen molar-refractivity contribution < 1.29 is 19.1 Å². The second-order valence-corrected chi connectivity index (χ2v) is 6.71. The fraction of sp³-hybridized carbons (Fsp3) is 0.364. The minimum Gasteiger partial charge on any atom is -0.482 e. The van der Waals surface area contributed by atoms with Gasteiger partial charge in [-0.25, -0.2) is 4.79 Å². The Balaban J connectivity index is 1.78. The molecule has 144 valence electrons. The molecule has 5 nitrogen and oxygen atoms in total. The Morgan fingerprint density at radius 1 is 0.926 bits per heavy atom. The van der Waals surface area contributed by atoms with Gasteiger partial charge in [0.1, 0.15) is 5.75 Å². The zero-order valence-electron chi connectivity index (χ0n) is 16.4. The van der Waals surface area contributed by atoms with E-state index in [4.69, 9.17) is 9.47 Å². The van der Waals surface area contributed by atoms with Crippen molar-refractivity contribution in [1.29, 1.82) is 0 Å². The largest absolute Gasteiger partial charge is 0.482 e. The summed E-state index contributed by atoms with van der Waals surface area (Å²) in [5, 5.41) is 2.89. The first-order chi connectivity index (χ1) is 12.9. The van der Waals surface area contributed by atoms with Crippen LogP contribution in [0.2, 0.25) is 0 Å². The molecule has 0 aliphatic heterocycles. The zero-order chi connectivity index (χ0) is 19.8. The molecule has 0 aliphatic carbocycles. The molecule has 0 aromatic heterocycles. The predicted molar refractivity (Wildman–Crippen MR) is 105 cm³/mol. The summed E-state index contributed by atoms with van der Waals surface area (Å²) >= 11 is 0. The average Bonchev–Trinajstić information content (AvgIpc) is 2.63. The molecule has 0 heterocycles. The summed E-state index contributed by atoms with van der Waals surface area (Å²) in [5.41, 5.74) is 4.30. The molecule has 0 unspecified atom stereocenters. The van der Waals surface area contributed by atoms with Gasteiger partial charge in [0.15, 0.2) is 13.2 Å². The fourth-order valence-corrected chi connectivity index (χ4v) is 2.80. The van der Waals surface area contributed by atoms with E-state index in [2.05, 4.69) is 5.32 Å². The van der Waals surface area contributed by atoms with E-state index in [0.717, 1.165) is 28.7 Å². The van der Waals surface area contributed by atoms with Gasteiger partial charge < -0.3 is 14.8 Å². The van der Waals surface area contributed by atoms with Gasteiger partial charge in [-0.2, -0.15) is 0 Å². The molecular weight excluding hydrogens is 342 g/mol. The van der Waals surface area contributed by atoms with Gasteiger partial charge in [0.25, 0.3) is 5.91 Å². The number of amides is 1. The molecule has 0 spiro atoms. The van der Waals surface area contributed by atoms with E-state index in [1.54, 1.807) is 0 Å². The minimum atomic E-state index is -0.576. The molecule has 2 rings (SSSR count). The predicted octanol–water partition coefficient (Wildman–Crippen LogP) is 3.80. The second-order valence-electron chi connectivity index (χ2n) is 6.71. The molecule has 0 radical (unpaired) electrons. The highest BCUT2D eigenvalue weighted by Gasteiger charge is 2.14. The molecule has 0 saturated heterocycles. The third-order valence-corrected chi connectivity index (χ3v) is 4.14. The van der Waals surface area contributed by atoms with Gasteiger partial charge in [-0.3, -0.25) is 4.79 Å². The van der Waals surface area contributed by atoms with E-state index in [0.29, 0.717) is 5.75 Å². The summed E-state index contributed by atoms with van der Waals surface area (Å²) in [6.07, 6.45) is 0.749. The van der Waals surface area contributed by atoms with Crippen LogP contribution in [0.1, 0.15) is 41.6 Å². The average molecular weight is 369 g/mol. The van der Waals surface area contributed by atoms with Crippen molar-refractivity contribution in [2.24, 2.45) is 0 Å². The molecule has 0 fully saturated rings. The summed E-state index contributed by atoms with van der Waals surface area (Å²) in [4.78, 5) is 23.9. The molecule has 0 aliphatic rings. The van der Waals surface area contributed by atoms with E-state index in [1.165, 1.54) is 0 Å². The van der Waals surface area contributed by atoms with Crippen LogP contribution in [0.25, 0.3) is 0 Å². The van der Waals surface area contributed by atoms with Crippen LogP contribution in [0.15, 0.2) is 42.5 Å². The van der Waals surface area contributed by atoms with Gasteiger partial charge >= 0.3 is 5.97 Å². The Kier molecular flexibility index (Phi) is 7.41. The number of hydrogen-bond donors (Lipinski definition) is 1. The van der Waals surface area contributed by atoms with Crippen molar-refractivity contribution in [1.82, 2.24) is 5.32 Å².